The molecule has 0 aliphatic heterocycles. The Morgan fingerprint density at radius 1 is 1.50 bits per heavy atom. The van der Waals surface area contributed by atoms with Gasteiger partial charge in [0.2, 0.25) is 0 Å². The van der Waals surface area contributed by atoms with Crippen LogP contribution >= 0.6 is 12.2 Å². The standard InChI is InChI=1S/C8H15NS/c1-4-5-6-8(2,3)9-7-10/h4-6H2,1-3H3. The van der Waals surface area contributed by atoms with Crippen molar-refractivity contribution in [3.8, 4) is 0 Å². The van der Waals surface area contributed by atoms with Crippen LogP contribution in [0, 0.1) is 0 Å². The van der Waals surface area contributed by atoms with Crippen LogP contribution in [0.15, 0.2) is 4.99 Å². The van der Waals surface area contributed by atoms with Crippen LogP contribution in [0.3, 0.4) is 0 Å². The summed E-state index contributed by atoms with van der Waals surface area (Å²) in [7, 11) is 0. The first kappa shape index (κ1) is 9.80. The van der Waals surface area contributed by atoms with Crippen LogP contribution in [0.2, 0.25) is 0 Å². The number of hydrogen-bond acceptors (Lipinski definition) is 2. The van der Waals surface area contributed by atoms with Crippen LogP contribution in [-0.4, -0.2) is 10.7 Å². The van der Waals surface area contributed by atoms with Crippen molar-refractivity contribution in [2.24, 2.45) is 4.99 Å². The van der Waals surface area contributed by atoms with E-state index in [0.717, 1.165) is 6.42 Å². The molecule has 2 heteroatoms. The average Bonchev–Trinajstić information content (AvgIpc) is 1.84. The zero-order valence-electron chi connectivity index (χ0n) is 6.98. The van der Waals surface area contributed by atoms with E-state index in [2.05, 4.69) is 43.1 Å². The summed E-state index contributed by atoms with van der Waals surface area (Å²) in [5.41, 5.74) is 0.0117. The lowest BCUT2D eigenvalue weighted by Gasteiger charge is -2.16. The normalized spacial score (nSPS) is 10.7. The van der Waals surface area contributed by atoms with Gasteiger partial charge in [0.25, 0.3) is 0 Å². The van der Waals surface area contributed by atoms with E-state index < -0.39 is 0 Å². The van der Waals surface area contributed by atoms with Crippen molar-refractivity contribution < 1.29 is 0 Å². The van der Waals surface area contributed by atoms with E-state index in [9.17, 15) is 0 Å². The van der Waals surface area contributed by atoms with Crippen molar-refractivity contribution in [2.75, 3.05) is 0 Å². The molecule has 0 spiro atoms. The molecule has 1 nitrogen and oxygen atoms in total. The molecule has 0 N–H and O–H groups in total. The summed E-state index contributed by atoms with van der Waals surface area (Å²) in [6.07, 6.45) is 3.54. The fraction of sp³-hybridized carbons (Fsp3) is 0.875. The molecule has 0 fully saturated rings. The lowest BCUT2D eigenvalue weighted by Crippen LogP contribution is -2.15. The molecular weight excluding hydrogens is 142 g/mol. The number of hydrogen-bond donors (Lipinski definition) is 0. The number of rotatable bonds is 4. The Balaban J connectivity index is 3.74. The molecule has 0 aromatic heterocycles. The van der Waals surface area contributed by atoms with Gasteiger partial charge in [0.1, 0.15) is 0 Å². The topological polar surface area (TPSA) is 12.4 Å². The van der Waals surface area contributed by atoms with Gasteiger partial charge in [-0.3, -0.25) is 0 Å². The van der Waals surface area contributed by atoms with E-state index in [4.69, 9.17) is 0 Å². The minimum Gasteiger partial charge on any atom is -0.226 e. The molecule has 0 unspecified atom stereocenters. The first-order chi connectivity index (χ1) is 4.62. The lowest BCUT2D eigenvalue weighted by molar-refractivity contribution is 0.462. The van der Waals surface area contributed by atoms with Gasteiger partial charge in [-0.05, 0) is 32.5 Å². The fourth-order valence-corrected chi connectivity index (χ4v) is 1.04. The molecule has 0 aromatic rings. The number of isothiocyanates is 1. The quantitative estimate of drug-likeness (QED) is 0.451. The molecule has 0 aliphatic rings. The van der Waals surface area contributed by atoms with E-state index in [1.165, 1.54) is 12.8 Å². The summed E-state index contributed by atoms with van der Waals surface area (Å²) in [5, 5.41) is 2.43. The second-order valence-corrected chi connectivity index (χ2v) is 3.30. The summed E-state index contributed by atoms with van der Waals surface area (Å²) in [4.78, 5) is 4.06. The monoisotopic (exact) mass is 157 g/mol. The zero-order valence-corrected chi connectivity index (χ0v) is 7.79. The molecule has 0 saturated carbocycles. The Labute approximate surface area is 68.5 Å². The number of thiocarbonyl (C=S) groups is 1. The SMILES string of the molecule is CCCCC(C)(C)N=C=S. The average molecular weight is 157 g/mol. The van der Waals surface area contributed by atoms with Crippen molar-refractivity contribution in [1.82, 2.24) is 0 Å². The van der Waals surface area contributed by atoms with Crippen molar-refractivity contribution in [1.29, 1.82) is 0 Å². The van der Waals surface area contributed by atoms with Gasteiger partial charge in [0.15, 0.2) is 0 Å². The Morgan fingerprint density at radius 3 is 2.50 bits per heavy atom. The smallest absolute Gasteiger partial charge is 0.0655 e. The predicted molar refractivity (Wildman–Crippen MR) is 48.6 cm³/mol. The van der Waals surface area contributed by atoms with Gasteiger partial charge in [-0.2, -0.15) is 0 Å². The minimum atomic E-state index is 0.0117. The fourth-order valence-electron chi connectivity index (χ4n) is 0.789. The molecule has 0 saturated heterocycles. The molecule has 0 heterocycles. The molecule has 0 aliphatic carbocycles. The highest BCUT2D eigenvalue weighted by Crippen LogP contribution is 2.16. The highest BCUT2D eigenvalue weighted by molar-refractivity contribution is 7.78. The zero-order chi connectivity index (χ0) is 8.04. The van der Waals surface area contributed by atoms with Gasteiger partial charge in [-0.1, -0.05) is 19.8 Å². The Morgan fingerprint density at radius 2 is 2.10 bits per heavy atom. The summed E-state index contributed by atoms with van der Waals surface area (Å²) in [6.45, 7) is 6.35. The van der Waals surface area contributed by atoms with Gasteiger partial charge < -0.3 is 0 Å². The van der Waals surface area contributed by atoms with Crippen molar-refractivity contribution in [3.05, 3.63) is 0 Å². The third-order valence-electron chi connectivity index (χ3n) is 1.49. The maximum absolute atomic E-state index is 4.53. The predicted octanol–water partition coefficient (Wildman–Crippen LogP) is 3.06. The summed E-state index contributed by atoms with van der Waals surface area (Å²) in [5.74, 6) is 0. The Hall–Kier alpha value is -0.200. The maximum Gasteiger partial charge on any atom is 0.0655 e. The summed E-state index contributed by atoms with van der Waals surface area (Å²) in [6, 6.07) is 0. The minimum absolute atomic E-state index is 0.0117. The number of aliphatic imine (C=N–C) groups is 1. The van der Waals surface area contributed by atoms with Gasteiger partial charge in [-0.15, -0.1) is 0 Å². The molecule has 58 valence electrons. The van der Waals surface area contributed by atoms with Crippen LogP contribution in [0.1, 0.15) is 40.0 Å². The summed E-state index contributed by atoms with van der Waals surface area (Å²) < 4.78 is 0. The van der Waals surface area contributed by atoms with E-state index >= 15 is 0 Å². The maximum atomic E-state index is 4.53. The van der Waals surface area contributed by atoms with E-state index in [1.54, 1.807) is 0 Å². The Kier molecular flexibility index (Phi) is 4.50. The van der Waals surface area contributed by atoms with Crippen LogP contribution in [0.5, 0.6) is 0 Å². The molecule has 0 bridgehead atoms. The number of unbranched alkanes of at least 4 members (excludes halogenated alkanes) is 1. The molecule has 0 amide bonds. The van der Waals surface area contributed by atoms with Gasteiger partial charge in [0, 0.05) is 0 Å². The molecule has 0 atom stereocenters. The van der Waals surface area contributed by atoms with Crippen LogP contribution in [-0.2, 0) is 0 Å². The van der Waals surface area contributed by atoms with Gasteiger partial charge >= 0.3 is 0 Å². The second kappa shape index (κ2) is 4.59. The van der Waals surface area contributed by atoms with Crippen LogP contribution in [0.4, 0.5) is 0 Å². The largest absolute Gasteiger partial charge is 0.226 e. The first-order valence-electron chi connectivity index (χ1n) is 3.71. The van der Waals surface area contributed by atoms with E-state index in [0.29, 0.717) is 0 Å². The molecular formula is C8H15NS. The lowest BCUT2D eigenvalue weighted by atomic mass is 9.99. The number of nitrogens with zero attached hydrogens (tertiary/aromatic N) is 1. The Bertz CT molecular complexity index is 134. The third-order valence-corrected chi connectivity index (χ3v) is 1.58. The van der Waals surface area contributed by atoms with Crippen molar-refractivity contribution >= 4 is 17.4 Å². The molecule has 0 radical (unpaired) electrons. The summed E-state index contributed by atoms with van der Waals surface area (Å²) >= 11 is 4.53. The van der Waals surface area contributed by atoms with Crippen molar-refractivity contribution in [2.45, 2.75) is 45.6 Å². The third kappa shape index (κ3) is 4.66. The first-order valence-corrected chi connectivity index (χ1v) is 4.12. The van der Waals surface area contributed by atoms with Crippen LogP contribution < -0.4 is 0 Å². The van der Waals surface area contributed by atoms with E-state index in [-0.39, 0.29) is 5.54 Å². The molecule has 0 aromatic carbocycles. The second-order valence-electron chi connectivity index (χ2n) is 3.12. The highest BCUT2D eigenvalue weighted by atomic mass is 32.1. The van der Waals surface area contributed by atoms with Gasteiger partial charge in [-0.25, -0.2) is 4.99 Å². The highest BCUT2D eigenvalue weighted by Gasteiger charge is 2.13. The van der Waals surface area contributed by atoms with E-state index in [1.807, 2.05) is 0 Å². The molecule has 10 heavy (non-hydrogen) atoms. The van der Waals surface area contributed by atoms with Crippen molar-refractivity contribution in [3.63, 3.8) is 0 Å². The van der Waals surface area contributed by atoms with Crippen LogP contribution in [0.25, 0.3) is 0 Å². The van der Waals surface area contributed by atoms with Gasteiger partial charge in [0.05, 0.1) is 10.7 Å². The molecule has 0 rings (SSSR count).